The lowest BCUT2D eigenvalue weighted by molar-refractivity contribution is 0.151. The van der Waals surface area contributed by atoms with Gasteiger partial charge in [0.2, 0.25) is 0 Å². The van der Waals surface area contributed by atoms with Gasteiger partial charge in [-0.25, -0.2) is 0 Å². The van der Waals surface area contributed by atoms with Gasteiger partial charge in [-0.05, 0) is 22.5 Å². The van der Waals surface area contributed by atoms with Crippen LogP contribution in [0.2, 0.25) is 0 Å². The van der Waals surface area contributed by atoms with Gasteiger partial charge in [-0.1, -0.05) is 6.92 Å². The molecule has 6 heteroatoms. The maximum atomic E-state index is 10.0. The first-order valence-electron chi connectivity index (χ1n) is 5.29. The molecule has 5 nitrogen and oxygen atoms in total. The maximum absolute atomic E-state index is 10.0. The van der Waals surface area contributed by atoms with Gasteiger partial charge < -0.3 is 15.2 Å². The summed E-state index contributed by atoms with van der Waals surface area (Å²) >= 11 is 3.39. The third-order valence-electron chi connectivity index (χ3n) is 2.24. The Labute approximate surface area is 104 Å². The van der Waals surface area contributed by atoms with Crippen LogP contribution in [0.3, 0.4) is 0 Å². The van der Waals surface area contributed by atoms with Crippen molar-refractivity contribution in [2.45, 2.75) is 19.6 Å². The van der Waals surface area contributed by atoms with Crippen LogP contribution in [0.4, 0.5) is 0 Å². The number of nitrogens with one attached hydrogen (secondary N) is 1. The van der Waals surface area contributed by atoms with Gasteiger partial charge >= 0.3 is 0 Å². The highest BCUT2D eigenvalue weighted by molar-refractivity contribution is 9.10. The lowest BCUT2D eigenvalue weighted by Crippen LogP contribution is -2.23. The third kappa shape index (κ3) is 3.55. The number of hydrogen-bond acceptors (Lipinski definition) is 4. The van der Waals surface area contributed by atoms with Gasteiger partial charge in [-0.2, -0.15) is 5.10 Å². The molecule has 16 heavy (non-hydrogen) atoms. The predicted molar refractivity (Wildman–Crippen MR) is 65.3 cm³/mol. The summed E-state index contributed by atoms with van der Waals surface area (Å²) < 4.78 is 7.58. The quantitative estimate of drug-likeness (QED) is 0.785. The zero-order valence-corrected chi connectivity index (χ0v) is 11.2. The summed E-state index contributed by atoms with van der Waals surface area (Å²) in [6.45, 7) is 4.58. The molecule has 0 aliphatic carbocycles. The van der Waals surface area contributed by atoms with E-state index in [1.54, 1.807) is 18.0 Å². The van der Waals surface area contributed by atoms with E-state index in [2.05, 4.69) is 26.3 Å². The number of hydrogen-bond donors (Lipinski definition) is 2. The predicted octanol–water partition coefficient (Wildman–Crippen LogP) is 0.935. The van der Waals surface area contributed by atoms with Gasteiger partial charge in [0.1, 0.15) is 6.10 Å². The molecule has 2 N–H and O–H groups in total. The van der Waals surface area contributed by atoms with Gasteiger partial charge in [0.05, 0.1) is 29.5 Å². The minimum Gasteiger partial charge on any atom is -0.385 e. The second kappa shape index (κ2) is 7.01. The Morgan fingerprint density at radius 1 is 1.69 bits per heavy atom. The maximum Gasteiger partial charge on any atom is 0.109 e. The number of halogens is 1. The first kappa shape index (κ1) is 13.6. The van der Waals surface area contributed by atoms with Crippen molar-refractivity contribution in [3.63, 3.8) is 0 Å². The Kier molecular flexibility index (Phi) is 5.97. The number of ether oxygens (including phenoxy) is 1. The average molecular weight is 292 g/mol. The van der Waals surface area contributed by atoms with E-state index in [0.717, 1.165) is 16.7 Å². The molecule has 1 unspecified atom stereocenters. The molecule has 0 aliphatic heterocycles. The molecule has 0 spiro atoms. The first-order chi connectivity index (χ1) is 7.70. The smallest absolute Gasteiger partial charge is 0.109 e. The van der Waals surface area contributed by atoms with Crippen molar-refractivity contribution in [3.05, 3.63) is 16.4 Å². The Hall–Kier alpha value is -0.430. The second-order valence-corrected chi connectivity index (χ2v) is 4.27. The molecule has 0 saturated carbocycles. The van der Waals surface area contributed by atoms with E-state index in [4.69, 9.17) is 4.74 Å². The number of rotatable bonds is 7. The number of aromatic nitrogens is 2. The lowest BCUT2D eigenvalue weighted by atomic mass is 10.2. The number of aliphatic hydroxyl groups is 1. The van der Waals surface area contributed by atoms with Crippen LogP contribution < -0.4 is 5.32 Å². The van der Waals surface area contributed by atoms with Crippen molar-refractivity contribution in [3.8, 4) is 0 Å². The summed E-state index contributed by atoms with van der Waals surface area (Å²) in [4.78, 5) is 0. The summed E-state index contributed by atoms with van der Waals surface area (Å²) in [5.74, 6) is 0. The molecule has 1 aromatic rings. The first-order valence-corrected chi connectivity index (χ1v) is 6.08. The van der Waals surface area contributed by atoms with E-state index in [-0.39, 0.29) is 0 Å². The summed E-state index contributed by atoms with van der Waals surface area (Å²) in [7, 11) is 1.65. The molecule has 1 atom stereocenters. The molecule has 92 valence electrons. The van der Waals surface area contributed by atoms with Crippen LogP contribution in [-0.2, 0) is 11.3 Å². The van der Waals surface area contributed by atoms with Crippen molar-refractivity contribution in [2.75, 3.05) is 26.8 Å². The molecule has 1 aromatic heterocycles. The number of aliphatic hydroxyl groups excluding tert-OH is 1. The number of likely N-dealkylation sites (N-methyl/N-ethyl adjacent to an activating group) is 1. The van der Waals surface area contributed by atoms with Crippen molar-refractivity contribution < 1.29 is 9.84 Å². The standard InChI is InChI=1S/C10H18BrN3O2/c1-3-12-7-9(15)10-8(11)6-13-14(10)4-5-16-2/h6,9,12,15H,3-5,7H2,1-2H3. The molecule has 0 aliphatic rings. The fraction of sp³-hybridized carbons (Fsp3) is 0.700. The van der Waals surface area contributed by atoms with Gasteiger partial charge in [-0.15, -0.1) is 0 Å². The lowest BCUT2D eigenvalue weighted by Gasteiger charge is -2.14. The van der Waals surface area contributed by atoms with Gasteiger partial charge in [0, 0.05) is 13.7 Å². The van der Waals surface area contributed by atoms with E-state index in [9.17, 15) is 5.11 Å². The Balaban J connectivity index is 2.71. The van der Waals surface area contributed by atoms with Crippen molar-refractivity contribution in [1.82, 2.24) is 15.1 Å². The average Bonchev–Trinajstić information content (AvgIpc) is 2.64. The summed E-state index contributed by atoms with van der Waals surface area (Å²) in [6, 6.07) is 0. The van der Waals surface area contributed by atoms with Crippen LogP contribution >= 0.6 is 15.9 Å². The Morgan fingerprint density at radius 3 is 3.06 bits per heavy atom. The fourth-order valence-corrected chi connectivity index (χ4v) is 2.00. The normalized spacial score (nSPS) is 13.0. The number of nitrogens with zero attached hydrogens (tertiary/aromatic N) is 2. The van der Waals surface area contributed by atoms with Crippen LogP contribution in [0.5, 0.6) is 0 Å². The molecule has 1 heterocycles. The SMILES string of the molecule is CCNCC(O)c1c(Br)cnn1CCOC. The topological polar surface area (TPSA) is 59.3 Å². The summed E-state index contributed by atoms with van der Waals surface area (Å²) in [5, 5.41) is 17.3. The van der Waals surface area contributed by atoms with E-state index >= 15 is 0 Å². The van der Waals surface area contributed by atoms with Crippen LogP contribution in [-0.4, -0.2) is 41.7 Å². The van der Waals surface area contributed by atoms with Crippen LogP contribution in [0.15, 0.2) is 10.7 Å². The minimum absolute atomic E-state index is 0.522. The van der Waals surface area contributed by atoms with Crippen LogP contribution in [0, 0.1) is 0 Å². The zero-order chi connectivity index (χ0) is 12.0. The Bertz CT molecular complexity index is 317. The fourth-order valence-electron chi connectivity index (χ4n) is 1.44. The van der Waals surface area contributed by atoms with E-state index in [1.807, 2.05) is 6.92 Å². The highest BCUT2D eigenvalue weighted by Crippen LogP contribution is 2.22. The largest absolute Gasteiger partial charge is 0.385 e. The van der Waals surface area contributed by atoms with Gasteiger partial charge in [0.25, 0.3) is 0 Å². The summed E-state index contributed by atoms with van der Waals surface area (Å²) in [6.07, 6.45) is 1.13. The van der Waals surface area contributed by atoms with Gasteiger partial charge in [-0.3, -0.25) is 4.68 Å². The molecular weight excluding hydrogens is 274 g/mol. The highest BCUT2D eigenvalue weighted by Gasteiger charge is 2.16. The van der Waals surface area contributed by atoms with Crippen molar-refractivity contribution >= 4 is 15.9 Å². The molecular formula is C10H18BrN3O2. The molecule has 0 aromatic carbocycles. The van der Waals surface area contributed by atoms with Crippen LogP contribution in [0.1, 0.15) is 18.7 Å². The molecule has 1 rings (SSSR count). The van der Waals surface area contributed by atoms with Crippen molar-refractivity contribution in [2.24, 2.45) is 0 Å². The summed E-state index contributed by atoms with van der Waals surface area (Å²) in [5.41, 5.74) is 0.790. The molecule has 0 radical (unpaired) electrons. The highest BCUT2D eigenvalue weighted by atomic mass is 79.9. The molecule has 0 saturated heterocycles. The van der Waals surface area contributed by atoms with E-state index in [1.165, 1.54) is 0 Å². The van der Waals surface area contributed by atoms with E-state index < -0.39 is 6.10 Å². The number of methoxy groups -OCH3 is 1. The Morgan fingerprint density at radius 2 is 2.44 bits per heavy atom. The monoisotopic (exact) mass is 291 g/mol. The van der Waals surface area contributed by atoms with Crippen LogP contribution in [0.25, 0.3) is 0 Å². The third-order valence-corrected chi connectivity index (χ3v) is 2.85. The molecule has 0 amide bonds. The second-order valence-electron chi connectivity index (χ2n) is 3.42. The van der Waals surface area contributed by atoms with Crippen molar-refractivity contribution in [1.29, 1.82) is 0 Å². The molecule has 0 fully saturated rings. The zero-order valence-electron chi connectivity index (χ0n) is 9.61. The molecule has 0 bridgehead atoms. The van der Waals surface area contributed by atoms with E-state index in [0.29, 0.717) is 19.7 Å². The minimum atomic E-state index is -0.561. The van der Waals surface area contributed by atoms with Gasteiger partial charge in [0.15, 0.2) is 0 Å².